The average Bonchev–Trinajstić information content (AvgIpc) is 3.57. The number of amides is 3. The molecule has 10 nitrogen and oxygen atoms in total. The molecule has 2 heterocycles. The van der Waals surface area contributed by atoms with E-state index in [1.807, 2.05) is 51.1 Å². The van der Waals surface area contributed by atoms with Crippen LogP contribution in [0.3, 0.4) is 0 Å². The topological polar surface area (TPSA) is 123 Å². The lowest BCUT2D eigenvalue weighted by Crippen LogP contribution is -2.56. The van der Waals surface area contributed by atoms with Gasteiger partial charge >= 0.3 is 5.97 Å². The van der Waals surface area contributed by atoms with E-state index in [0.29, 0.717) is 37.3 Å². The Kier molecular flexibility index (Phi) is 9.76. The number of carbonyl (C=O) groups excluding carboxylic acids is 4. The van der Waals surface area contributed by atoms with Gasteiger partial charge in [0.1, 0.15) is 23.9 Å². The van der Waals surface area contributed by atoms with E-state index >= 15 is 0 Å². The summed E-state index contributed by atoms with van der Waals surface area (Å²) in [5, 5.41) is 5.72. The minimum absolute atomic E-state index is 0.0153. The minimum Gasteiger partial charge on any atom is -0.494 e. The van der Waals surface area contributed by atoms with E-state index in [2.05, 4.69) is 10.6 Å². The molecule has 2 N–H and O–H groups in total. The molecule has 2 aliphatic rings. The van der Waals surface area contributed by atoms with Gasteiger partial charge in [-0.25, -0.2) is 0 Å². The van der Waals surface area contributed by atoms with Crippen LogP contribution in [0.15, 0.2) is 54.6 Å². The van der Waals surface area contributed by atoms with E-state index in [1.165, 1.54) is 4.90 Å². The van der Waals surface area contributed by atoms with Gasteiger partial charge in [0.2, 0.25) is 18.1 Å². The maximum atomic E-state index is 13.6. The van der Waals surface area contributed by atoms with E-state index in [-0.39, 0.29) is 36.7 Å². The van der Waals surface area contributed by atoms with Crippen molar-refractivity contribution in [3.05, 3.63) is 65.7 Å². The van der Waals surface area contributed by atoms with Crippen molar-refractivity contribution in [3.63, 3.8) is 0 Å². The van der Waals surface area contributed by atoms with Gasteiger partial charge in [-0.1, -0.05) is 44.2 Å². The number of rotatable bonds is 11. The predicted octanol–water partition coefficient (Wildman–Crippen LogP) is 2.81. The maximum Gasteiger partial charge on any atom is 0.310 e. The zero-order valence-corrected chi connectivity index (χ0v) is 23.1. The first-order valence-electron chi connectivity index (χ1n) is 13.8. The van der Waals surface area contributed by atoms with Crippen LogP contribution in [0, 0.1) is 5.92 Å². The summed E-state index contributed by atoms with van der Waals surface area (Å²) in [6.07, 6.45) is 0.194. The predicted molar refractivity (Wildman–Crippen MR) is 146 cm³/mol. The van der Waals surface area contributed by atoms with Crippen molar-refractivity contribution < 1.29 is 33.4 Å². The van der Waals surface area contributed by atoms with Crippen molar-refractivity contribution in [2.24, 2.45) is 5.92 Å². The zero-order valence-electron chi connectivity index (χ0n) is 23.1. The summed E-state index contributed by atoms with van der Waals surface area (Å²) in [6, 6.07) is 14.0. The molecule has 4 atom stereocenters. The summed E-state index contributed by atoms with van der Waals surface area (Å²) in [7, 11) is 0. The molecule has 0 saturated carbocycles. The van der Waals surface area contributed by atoms with Crippen LogP contribution in [0.2, 0.25) is 0 Å². The lowest BCUT2D eigenvalue weighted by molar-refractivity contribution is -0.168. The molecule has 2 aromatic carbocycles. The van der Waals surface area contributed by atoms with Crippen LogP contribution < -0.4 is 15.4 Å². The van der Waals surface area contributed by atoms with Gasteiger partial charge in [-0.05, 0) is 55.5 Å². The molecule has 2 aromatic rings. The first kappa shape index (κ1) is 29.1. The summed E-state index contributed by atoms with van der Waals surface area (Å²) in [6.45, 7) is 6.72. The molecule has 0 aromatic heterocycles. The number of carbonyl (C=O) groups is 4. The fourth-order valence-corrected chi connectivity index (χ4v) is 4.93. The average molecular weight is 552 g/mol. The van der Waals surface area contributed by atoms with Gasteiger partial charge in [-0.2, -0.15) is 0 Å². The third-order valence-corrected chi connectivity index (χ3v) is 7.03. The number of cyclic esters (lactones) is 1. The summed E-state index contributed by atoms with van der Waals surface area (Å²) in [5.41, 5.74) is 1.32. The SMILES string of the molecule is CCOc1ccc(C(=O)NC(C(=O)N2CCCC2C(=O)NC2CC(=O)OC2OCc2ccccc2)C(C)C)cc1. The highest BCUT2D eigenvalue weighted by atomic mass is 16.7. The van der Waals surface area contributed by atoms with Gasteiger partial charge in [0.05, 0.1) is 19.6 Å². The molecule has 3 amide bonds. The van der Waals surface area contributed by atoms with Crippen LogP contribution in [0.1, 0.15) is 56.0 Å². The Morgan fingerprint density at radius 2 is 1.80 bits per heavy atom. The molecule has 2 aliphatic heterocycles. The number of likely N-dealkylation sites (tertiary alicyclic amines) is 1. The fraction of sp³-hybridized carbons (Fsp3) is 0.467. The van der Waals surface area contributed by atoms with E-state index < -0.39 is 30.4 Å². The third kappa shape index (κ3) is 7.18. The molecule has 214 valence electrons. The molecule has 10 heteroatoms. The number of nitrogens with zero attached hydrogens (tertiary/aromatic N) is 1. The second-order valence-corrected chi connectivity index (χ2v) is 10.3. The fourth-order valence-electron chi connectivity index (χ4n) is 4.93. The quantitative estimate of drug-likeness (QED) is 0.412. The Balaban J connectivity index is 1.38. The molecule has 0 radical (unpaired) electrons. The van der Waals surface area contributed by atoms with Crippen molar-refractivity contribution in [2.75, 3.05) is 13.2 Å². The number of hydrogen-bond acceptors (Lipinski definition) is 7. The molecule has 40 heavy (non-hydrogen) atoms. The smallest absolute Gasteiger partial charge is 0.310 e. The van der Waals surface area contributed by atoms with Gasteiger partial charge < -0.3 is 29.7 Å². The lowest BCUT2D eigenvalue weighted by atomic mass is 10.0. The van der Waals surface area contributed by atoms with Crippen molar-refractivity contribution in [3.8, 4) is 5.75 Å². The van der Waals surface area contributed by atoms with Crippen LogP contribution in [-0.2, 0) is 30.5 Å². The molecule has 0 aliphatic carbocycles. The van der Waals surface area contributed by atoms with E-state index in [4.69, 9.17) is 14.2 Å². The van der Waals surface area contributed by atoms with Crippen LogP contribution in [0.5, 0.6) is 5.75 Å². The van der Waals surface area contributed by atoms with Crippen molar-refractivity contribution in [2.45, 2.75) is 71.1 Å². The number of esters is 1. The van der Waals surface area contributed by atoms with Gasteiger partial charge in [-0.15, -0.1) is 0 Å². The minimum atomic E-state index is -0.918. The van der Waals surface area contributed by atoms with Gasteiger partial charge in [0.25, 0.3) is 5.91 Å². The highest BCUT2D eigenvalue weighted by Crippen LogP contribution is 2.23. The monoisotopic (exact) mass is 551 g/mol. The van der Waals surface area contributed by atoms with Crippen molar-refractivity contribution in [1.82, 2.24) is 15.5 Å². The summed E-state index contributed by atoms with van der Waals surface area (Å²) >= 11 is 0. The lowest BCUT2D eigenvalue weighted by Gasteiger charge is -2.31. The van der Waals surface area contributed by atoms with Crippen LogP contribution in [0.4, 0.5) is 0 Å². The Morgan fingerprint density at radius 1 is 1.07 bits per heavy atom. The van der Waals surface area contributed by atoms with Crippen LogP contribution in [0.25, 0.3) is 0 Å². The first-order chi connectivity index (χ1) is 19.3. The van der Waals surface area contributed by atoms with Gasteiger partial charge in [0.15, 0.2) is 0 Å². The Bertz CT molecular complexity index is 1190. The van der Waals surface area contributed by atoms with Crippen LogP contribution in [-0.4, -0.2) is 66.2 Å². The third-order valence-electron chi connectivity index (χ3n) is 7.03. The van der Waals surface area contributed by atoms with E-state index in [1.54, 1.807) is 24.3 Å². The van der Waals surface area contributed by atoms with Gasteiger partial charge in [0, 0.05) is 12.1 Å². The van der Waals surface area contributed by atoms with E-state index in [9.17, 15) is 19.2 Å². The molecule has 2 saturated heterocycles. The van der Waals surface area contributed by atoms with Crippen molar-refractivity contribution in [1.29, 1.82) is 0 Å². The Morgan fingerprint density at radius 3 is 2.48 bits per heavy atom. The Hall–Kier alpha value is -3.92. The van der Waals surface area contributed by atoms with Crippen molar-refractivity contribution >= 4 is 23.7 Å². The largest absolute Gasteiger partial charge is 0.494 e. The van der Waals surface area contributed by atoms with Crippen LogP contribution >= 0.6 is 0 Å². The molecular formula is C30H37N3O7. The maximum absolute atomic E-state index is 13.6. The first-order valence-corrected chi connectivity index (χ1v) is 13.8. The Labute approximate surface area is 234 Å². The number of hydrogen-bond donors (Lipinski definition) is 2. The summed E-state index contributed by atoms with van der Waals surface area (Å²) in [4.78, 5) is 53.5. The molecular weight excluding hydrogens is 514 g/mol. The normalized spacial score (nSPS) is 21.1. The highest BCUT2D eigenvalue weighted by molar-refractivity contribution is 5.98. The molecule has 4 unspecified atom stereocenters. The standard InChI is InChI=1S/C30H37N3O7/c1-4-38-22-14-12-21(13-15-22)27(35)32-26(19(2)3)29(37)33-16-8-11-24(33)28(36)31-23-17-25(34)40-30(23)39-18-20-9-6-5-7-10-20/h5-7,9-10,12-15,19,23-24,26,30H,4,8,11,16-18H2,1-3H3,(H,31,36)(H,32,35). The van der Waals surface area contributed by atoms with Gasteiger partial charge in [-0.3, -0.25) is 19.2 Å². The second-order valence-electron chi connectivity index (χ2n) is 10.3. The number of ether oxygens (including phenoxy) is 3. The molecule has 0 bridgehead atoms. The highest BCUT2D eigenvalue weighted by Gasteiger charge is 2.42. The summed E-state index contributed by atoms with van der Waals surface area (Å²) in [5.74, 6) is -1.08. The molecule has 0 spiro atoms. The molecule has 4 rings (SSSR count). The molecule has 2 fully saturated rings. The zero-order chi connectivity index (χ0) is 28.6. The number of benzene rings is 2. The second kappa shape index (κ2) is 13.4. The summed E-state index contributed by atoms with van der Waals surface area (Å²) < 4.78 is 16.5. The number of nitrogens with one attached hydrogen (secondary N) is 2. The van der Waals surface area contributed by atoms with E-state index in [0.717, 1.165) is 5.56 Å².